The number of likely N-dealkylation sites (tertiary alicyclic amines) is 1. The Kier molecular flexibility index (Phi) is 4.38. The summed E-state index contributed by atoms with van der Waals surface area (Å²) < 4.78 is 0. The van der Waals surface area contributed by atoms with E-state index in [-0.39, 0.29) is 0 Å². The van der Waals surface area contributed by atoms with Crippen molar-refractivity contribution in [1.82, 2.24) is 4.90 Å². The van der Waals surface area contributed by atoms with Crippen LogP contribution in [0.2, 0.25) is 0 Å². The van der Waals surface area contributed by atoms with E-state index in [0.717, 1.165) is 24.3 Å². The van der Waals surface area contributed by atoms with Crippen molar-refractivity contribution < 1.29 is 0 Å². The molecule has 1 aliphatic heterocycles. The van der Waals surface area contributed by atoms with Gasteiger partial charge in [-0.1, -0.05) is 20.8 Å². The normalized spacial score (nSPS) is 47.2. The molecule has 2 fully saturated rings. The molecular weight excluding hydrogens is 220 g/mol. The lowest BCUT2D eigenvalue weighted by Crippen LogP contribution is -2.62. The van der Waals surface area contributed by atoms with Gasteiger partial charge in [-0.25, -0.2) is 0 Å². The average Bonchev–Trinajstić information content (AvgIpc) is 2.31. The highest BCUT2D eigenvalue weighted by Gasteiger charge is 2.44. The molecule has 0 aromatic carbocycles. The third-order valence-corrected chi connectivity index (χ3v) is 5.62. The van der Waals surface area contributed by atoms with Crippen LogP contribution < -0.4 is 5.73 Å². The molecule has 2 aliphatic rings. The Morgan fingerprint density at radius 3 is 2.28 bits per heavy atom. The predicted octanol–water partition coefficient (Wildman–Crippen LogP) is 3.26. The molecule has 1 saturated heterocycles. The summed E-state index contributed by atoms with van der Waals surface area (Å²) in [5, 5.41) is 0. The Labute approximate surface area is 113 Å². The van der Waals surface area contributed by atoms with E-state index in [0.29, 0.717) is 11.6 Å². The van der Waals surface area contributed by atoms with Gasteiger partial charge < -0.3 is 5.73 Å². The first-order chi connectivity index (χ1) is 8.48. The van der Waals surface area contributed by atoms with Gasteiger partial charge in [-0.2, -0.15) is 0 Å². The highest BCUT2D eigenvalue weighted by Crippen LogP contribution is 2.42. The zero-order valence-electron chi connectivity index (χ0n) is 12.8. The van der Waals surface area contributed by atoms with Crippen LogP contribution in [0.5, 0.6) is 0 Å². The van der Waals surface area contributed by atoms with Crippen LogP contribution in [-0.4, -0.2) is 29.6 Å². The fourth-order valence-corrected chi connectivity index (χ4v) is 4.76. The van der Waals surface area contributed by atoms with Crippen molar-refractivity contribution in [2.45, 2.75) is 71.4 Å². The van der Waals surface area contributed by atoms with Gasteiger partial charge in [0, 0.05) is 18.1 Å². The molecule has 1 aliphatic carbocycles. The van der Waals surface area contributed by atoms with Crippen LogP contribution in [0, 0.1) is 17.8 Å². The molecule has 106 valence electrons. The number of hydrogen-bond acceptors (Lipinski definition) is 2. The average molecular weight is 252 g/mol. The second kappa shape index (κ2) is 5.50. The molecular formula is C16H32N2. The van der Waals surface area contributed by atoms with E-state index >= 15 is 0 Å². The van der Waals surface area contributed by atoms with Gasteiger partial charge in [0.2, 0.25) is 0 Å². The quantitative estimate of drug-likeness (QED) is 0.817. The molecule has 0 radical (unpaired) electrons. The fraction of sp³-hybridized carbons (Fsp3) is 1.00. The number of nitrogens with two attached hydrogens (primary N) is 1. The fourth-order valence-electron chi connectivity index (χ4n) is 4.76. The standard InChI is InChI=1S/C16H32N2/c1-12-8-13(2)10-16(9-12,11-17)18-7-5-6-14(3)15(18)4/h12-15H,5-11,17H2,1-4H3. The maximum absolute atomic E-state index is 6.26. The summed E-state index contributed by atoms with van der Waals surface area (Å²) in [6.07, 6.45) is 6.76. The monoisotopic (exact) mass is 252 g/mol. The molecule has 0 amide bonds. The molecule has 18 heavy (non-hydrogen) atoms. The third kappa shape index (κ3) is 2.60. The summed E-state index contributed by atoms with van der Waals surface area (Å²) in [4.78, 5) is 2.79. The first kappa shape index (κ1) is 14.3. The van der Waals surface area contributed by atoms with Crippen molar-refractivity contribution in [3.8, 4) is 0 Å². The zero-order chi connectivity index (χ0) is 13.3. The van der Waals surface area contributed by atoms with Gasteiger partial charge in [-0.05, 0) is 63.3 Å². The Morgan fingerprint density at radius 2 is 1.72 bits per heavy atom. The zero-order valence-corrected chi connectivity index (χ0v) is 12.8. The van der Waals surface area contributed by atoms with Crippen molar-refractivity contribution in [2.24, 2.45) is 23.5 Å². The summed E-state index contributed by atoms with van der Waals surface area (Å²) in [5.74, 6) is 2.50. The maximum Gasteiger partial charge on any atom is 0.0339 e. The molecule has 0 bridgehead atoms. The molecule has 0 aromatic heterocycles. The van der Waals surface area contributed by atoms with Crippen LogP contribution in [0.3, 0.4) is 0 Å². The van der Waals surface area contributed by atoms with Crippen LogP contribution in [-0.2, 0) is 0 Å². The smallest absolute Gasteiger partial charge is 0.0339 e. The molecule has 2 nitrogen and oxygen atoms in total. The van der Waals surface area contributed by atoms with Gasteiger partial charge in [-0.3, -0.25) is 4.90 Å². The van der Waals surface area contributed by atoms with Crippen LogP contribution in [0.15, 0.2) is 0 Å². The Hall–Kier alpha value is -0.0800. The first-order valence-corrected chi connectivity index (χ1v) is 7.95. The topological polar surface area (TPSA) is 29.3 Å². The molecule has 0 spiro atoms. The highest BCUT2D eigenvalue weighted by molar-refractivity contribution is 5.01. The Morgan fingerprint density at radius 1 is 1.11 bits per heavy atom. The minimum Gasteiger partial charge on any atom is -0.329 e. The van der Waals surface area contributed by atoms with Crippen molar-refractivity contribution in [2.75, 3.05) is 13.1 Å². The second-order valence-corrected chi connectivity index (χ2v) is 7.34. The second-order valence-electron chi connectivity index (χ2n) is 7.34. The number of hydrogen-bond donors (Lipinski definition) is 1. The molecule has 2 rings (SSSR count). The SMILES string of the molecule is CC1CC(C)CC(CN)(N2CCCC(C)C2C)C1. The van der Waals surface area contributed by atoms with Crippen LogP contribution in [0.4, 0.5) is 0 Å². The summed E-state index contributed by atoms with van der Waals surface area (Å²) in [5.41, 5.74) is 6.56. The predicted molar refractivity (Wildman–Crippen MR) is 78.5 cm³/mol. The van der Waals surface area contributed by atoms with E-state index in [2.05, 4.69) is 32.6 Å². The Balaban J connectivity index is 2.20. The van der Waals surface area contributed by atoms with Crippen LogP contribution >= 0.6 is 0 Å². The van der Waals surface area contributed by atoms with Gasteiger partial charge >= 0.3 is 0 Å². The van der Waals surface area contributed by atoms with E-state index in [1.54, 1.807) is 0 Å². The van der Waals surface area contributed by atoms with Crippen molar-refractivity contribution in [1.29, 1.82) is 0 Å². The van der Waals surface area contributed by atoms with E-state index < -0.39 is 0 Å². The number of rotatable bonds is 2. The van der Waals surface area contributed by atoms with E-state index in [1.165, 1.54) is 38.6 Å². The molecule has 1 saturated carbocycles. The van der Waals surface area contributed by atoms with E-state index in [1.807, 2.05) is 0 Å². The summed E-state index contributed by atoms with van der Waals surface area (Å²) >= 11 is 0. The first-order valence-electron chi connectivity index (χ1n) is 7.95. The Bertz CT molecular complexity index is 266. The van der Waals surface area contributed by atoms with Gasteiger partial charge in [-0.15, -0.1) is 0 Å². The largest absolute Gasteiger partial charge is 0.329 e. The molecule has 4 atom stereocenters. The lowest BCUT2D eigenvalue weighted by Gasteiger charge is -2.55. The van der Waals surface area contributed by atoms with Gasteiger partial charge in [0.1, 0.15) is 0 Å². The molecule has 0 aromatic rings. The lowest BCUT2D eigenvalue weighted by molar-refractivity contribution is -0.0396. The number of piperidine rings is 1. The molecule has 4 unspecified atom stereocenters. The van der Waals surface area contributed by atoms with Crippen LogP contribution in [0.25, 0.3) is 0 Å². The van der Waals surface area contributed by atoms with Crippen molar-refractivity contribution in [3.05, 3.63) is 0 Å². The van der Waals surface area contributed by atoms with Crippen LogP contribution in [0.1, 0.15) is 59.8 Å². The molecule has 1 heterocycles. The van der Waals surface area contributed by atoms with Gasteiger partial charge in [0.15, 0.2) is 0 Å². The van der Waals surface area contributed by atoms with Gasteiger partial charge in [0.25, 0.3) is 0 Å². The number of nitrogens with zero attached hydrogens (tertiary/aromatic N) is 1. The van der Waals surface area contributed by atoms with Crippen molar-refractivity contribution in [3.63, 3.8) is 0 Å². The summed E-state index contributed by atoms with van der Waals surface area (Å²) in [6, 6.07) is 0.708. The highest BCUT2D eigenvalue weighted by atomic mass is 15.2. The van der Waals surface area contributed by atoms with Gasteiger partial charge in [0.05, 0.1) is 0 Å². The molecule has 2 heteroatoms. The summed E-state index contributed by atoms with van der Waals surface area (Å²) in [7, 11) is 0. The van der Waals surface area contributed by atoms with E-state index in [4.69, 9.17) is 5.73 Å². The van der Waals surface area contributed by atoms with E-state index in [9.17, 15) is 0 Å². The van der Waals surface area contributed by atoms with Crippen molar-refractivity contribution >= 4 is 0 Å². The molecule has 2 N–H and O–H groups in total. The summed E-state index contributed by atoms with van der Waals surface area (Å²) in [6.45, 7) is 11.8. The maximum atomic E-state index is 6.26. The minimum atomic E-state index is 0.297. The third-order valence-electron chi connectivity index (χ3n) is 5.62. The lowest BCUT2D eigenvalue weighted by atomic mass is 9.69. The minimum absolute atomic E-state index is 0.297.